The molecule has 3 heteroatoms. The number of ketones is 1. The number of hydrogen-bond donors (Lipinski definition) is 0. The number of hydrogen-bond acceptors (Lipinski definition) is 2. The van der Waals surface area contributed by atoms with E-state index in [9.17, 15) is 14.0 Å². The third-order valence-corrected chi connectivity index (χ3v) is 4.23. The van der Waals surface area contributed by atoms with Crippen LogP contribution >= 0.6 is 0 Å². The Kier molecular flexibility index (Phi) is 1.49. The number of Topliss-reactive ketones (excluding diaryl/α,β-unsaturated/α-hetero) is 1. The fourth-order valence-electron chi connectivity index (χ4n) is 3.14. The highest BCUT2D eigenvalue weighted by atomic mass is 19.1. The van der Waals surface area contributed by atoms with Gasteiger partial charge in [0, 0.05) is 6.42 Å². The molecule has 0 aromatic rings. The maximum absolute atomic E-state index is 13.0. The molecule has 2 fully saturated rings. The van der Waals surface area contributed by atoms with Gasteiger partial charge in [-0.3, -0.25) is 9.59 Å². The molecule has 2 bridgehead atoms. The summed E-state index contributed by atoms with van der Waals surface area (Å²) in [5.74, 6) is 0.0287. The summed E-state index contributed by atoms with van der Waals surface area (Å²) >= 11 is 0. The van der Waals surface area contributed by atoms with Gasteiger partial charge in [-0.25, -0.2) is 0 Å². The van der Waals surface area contributed by atoms with Crippen molar-refractivity contribution in [2.45, 2.75) is 33.1 Å². The molecule has 0 aromatic heterocycles. The van der Waals surface area contributed by atoms with Gasteiger partial charge in [-0.2, -0.15) is 4.39 Å². The lowest BCUT2D eigenvalue weighted by atomic mass is 9.69. The smallest absolute Gasteiger partial charge is 0.298 e. The van der Waals surface area contributed by atoms with Crippen LogP contribution in [0.25, 0.3) is 0 Å². The van der Waals surface area contributed by atoms with Crippen molar-refractivity contribution >= 4 is 11.8 Å². The van der Waals surface area contributed by atoms with Crippen molar-refractivity contribution in [3.05, 3.63) is 0 Å². The molecule has 0 aliphatic heterocycles. The van der Waals surface area contributed by atoms with Crippen molar-refractivity contribution in [1.29, 1.82) is 0 Å². The van der Waals surface area contributed by atoms with Crippen molar-refractivity contribution in [3.63, 3.8) is 0 Å². The molecule has 2 aliphatic rings. The van der Waals surface area contributed by atoms with Gasteiger partial charge in [0.1, 0.15) is 11.2 Å². The van der Waals surface area contributed by atoms with E-state index in [0.717, 1.165) is 6.42 Å². The summed E-state index contributed by atoms with van der Waals surface area (Å²) in [6.07, 6.45) is 1.62. The van der Waals surface area contributed by atoms with E-state index in [2.05, 4.69) is 0 Å². The van der Waals surface area contributed by atoms with Crippen molar-refractivity contribution in [2.24, 2.45) is 16.7 Å². The zero-order chi connectivity index (χ0) is 9.85. The first-order valence-electron chi connectivity index (χ1n) is 4.66. The molecule has 0 heterocycles. The maximum Gasteiger partial charge on any atom is 0.315 e. The van der Waals surface area contributed by atoms with Gasteiger partial charge in [0.05, 0.1) is 0 Å². The van der Waals surface area contributed by atoms with Crippen molar-refractivity contribution in [1.82, 2.24) is 0 Å². The Balaban J connectivity index is 2.55. The molecule has 0 unspecified atom stereocenters. The number of halogens is 1. The van der Waals surface area contributed by atoms with E-state index < -0.39 is 16.9 Å². The minimum Gasteiger partial charge on any atom is -0.298 e. The molecule has 2 atom stereocenters. The zero-order valence-corrected chi connectivity index (χ0v) is 7.89. The third kappa shape index (κ3) is 0.736. The highest BCUT2D eigenvalue weighted by molar-refractivity contribution is 6.07. The fraction of sp³-hybridized carbons (Fsp3) is 0.800. The Labute approximate surface area is 76.5 Å². The highest BCUT2D eigenvalue weighted by Crippen LogP contribution is 2.64. The van der Waals surface area contributed by atoms with Gasteiger partial charge in [-0.1, -0.05) is 13.8 Å². The van der Waals surface area contributed by atoms with Crippen LogP contribution in [0.3, 0.4) is 0 Å². The Morgan fingerprint density at radius 1 is 1.54 bits per heavy atom. The summed E-state index contributed by atoms with van der Waals surface area (Å²) in [6, 6.07) is -1.41. The molecular weight excluding hydrogens is 171 g/mol. The Hall–Kier alpha value is -0.730. The first kappa shape index (κ1) is 8.85. The van der Waals surface area contributed by atoms with E-state index >= 15 is 0 Å². The molecule has 72 valence electrons. The second-order valence-electron chi connectivity index (χ2n) is 4.76. The van der Waals surface area contributed by atoms with Gasteiger partial charge in [0.2, 0.25) is 0 Å². The standard InChI is InChI=1S/C10H13FO2/c1-9(2)6-3-4-10(9,8(11)13)7(12)5-6/h6H,3-5H2,1-2H3/t6-,10+/m1/s1. The molecule has 2 saturated carbocycles. The molecule has 0 aromatic carbocycles. The number of fused-ring (bicyclic) bond motifs is 2. The summed E-state index contributed by atoms with van der Waals surface area (Å²) in [6.45, 7) is 3.68. The van der Waals surface area contributed by atoms with Crippen LogP contribution in [0, 0.1) is 16.7 Å². The van der Waals surface area contributed by atoms with Gasteiger partial charge >= 0.3 is 6.04 Å². The van der Waals surface area contributed by atoms with Gasteiger partial charge < -0.3 is 0 Å². The molecule has 2 rings (SSSR count). The minimum atomic E-state index is -1.41. The summed E-state index contributed by atoms with van der Waals surface area (Å²) in [7, 11) is 0. The predicted molar refractivity (Wildman–Crippen MR) is 44.7 cm³/mol. The Bertz CT molecular complexity index is 295. The fourth-order valence-corrected chi connectivity index (χ4v) is 3.14. The monoisotopic (exact) mass is 184 g/mol. The number of carbonyl (C=O) groups is 2. The molecule has 0 saturated heterocycles. The highest BCUT2D eigenvalue weighted by Gasteiger charge is 2.68. The van der Waals surface area contributed by atoms with E-state index in [1.165, 1.54) is 0 Å². The minimum absolute atomic E-state index is 0.179. The Morgan fingerprint density at radius 2 is 2.15 bits per heavy atom. The first-order chi connectivity index (χ1) is 5.93. The number of carbonyl (C=O) groups excluding carboxylic acids is 2. The van der Waals surface area contributed by atoms with Crippen LogP contribution < -0.4 is 0 Å². The molecule has 0 radical (unpaired) electrons. The van der Waals surface area contributed by atoms with Crippen LogP contribution in [0.15, 0.2) is 0 Å². The lowest BCUT2D eigenvalue weighted by molar-refractivity contribution is -0.151. The van der Waals surface area contributed by atoms with Crippen molar-refractivity contribution in [2.75, 3.05) is 0 Å². The lowest BCUT2D eigenvalue weighted by Crippen LogP contribution is -2.41. The van der Waals surface area contributed by atoms with E-state index in [1.807, 2.05) is 13.8 Å². The van der Waals surface area contributed by atoms with Crippen LogP contribution in [-0.2, 0) is 9.59 Å². The van der Waals surface area contributed by atoms with Crippen LogP contribution in [0.1, 0.15) is 33.1 Å². The average Bonchev–Trinajstić information content (AvgIpc) is 2.35. The summed E-state index contributed by atoms with van der Waals surface area (Å²) in [4.78, 5) is 22.5. The molecule has 0 N–H and O–H groups in total. The molecule has 2 nitrogen and oxygen atoms in total. The largest absolute Gasteiger partial charge is 0.315 e. The molecule has 0 spiro atoms. The van der Waals surface area contributed by atoms with E-state index in [1.54, 1.807) is 0 Å². The molecule has 0 amide bonds. The third-order valence-electron chi connectivity index (χ3n) is 4.23. The van der Waals surface area contributed by atoms with Crippen molar-refractivity contribution < 1.29 is 14.0 Å². The van der Waals surface area contributed by atoms with Gasteiger partial charge in [0.25, 0.3) is 0 Å². The lowest BCUT2D eigenvalue weighted by Gasteiger charge is -2.31. The van der Waals surface area contributed by atoms with Crippen molar-refractivity contribution in [3.8, 4) is 0 Å². The first-order valence-corrected chi connectivity index (χ1v) is 4.66. The summed E-state index contributed by atoms with van der Waals surface area (Å²) < 4.78 is 13.0. The molecule has 13 heavy (non-hydrogen) atoms. The van der Waals surface area contributed by atoms with Crippen LogP contribution in [-0.4, -0.2) is 11.8 Å². The van der Waals surface area contributed by atoms with Gasteiger partial charge in [0.15, 0.2) is 0 Å². The second kappa shape index (κ2) is 2.20. The van der Waals surface area contributed by atoms with E-state index in [4.69, 9.17) is 0 Å². The van der Waals surface area contributed by atoms with Crippen LogP contribution in [0.4, 0.5) is 4.39 Å². The molecule has 2 aliphatic carbocycles. The zero-order valence-electron chi connectivity index (χ0n) is 7.89. The van der Waals surface area contributed by atoms with E-state index in [0.29, 0.717) is 12.8 Å². The molecular formula is C10H13FO2. The summed E-state index contributed by atoms with van der Waals surface area (Å²) in [5.41, 5.74) is -1.74. The normalized spacial score (nSPS) is 41.2. The SMILES string of the molecule is CC1(C)[C@@H]2CC[C@@]1(C(=O)F)C(=O)C2. The maximum atomic E-state index is 13.0. The van der Waals surface area contributed by atoms with Gasteiger partial charge in [-0.15, -0.1) is 0 Å². The van der Waals surface area contributed by atoms with Crippen LogP contribution in [0.5, 0.6) is 0 Å². The average molecular weight is 184 g/mol. The predicted octanol–water partition coefficient (Wildman–Crippen LogP) is 1.88. The Morgan fingerprint density at radius 3 is 2.38 bits per heavy atom. The topological polar surface area (TPSA) is 34.1 Å². The van der Waals surface area contributed by atoms with Crippen LogP contribution in [0.2, 0.25) is 0 Å². The second-order valence-corrected chi connectivity index (χ2v) is 4.76. The van der Waals surface area contributed by atoms with Gasteiger partial charge in [-0.05, 0) is 24.2 Å². The number of rotatable bonds is 1. The summed E-state index contributed by atoms with van der Waals surface area (Å²) in [5, 5.41) is 0. The van der Waals surface area contributed by atoms with E-state index in [-0.39, 0.29) is 11.7 Å². The quantitative estimate of drug-likeness (QED) is 0.460.